The Kier molecular flexibility index (Phi) is 5.24. The topological polar surface area (TPSA) is 78.4 Å². The van der Waals surface area contributed by atoms with Crippen molar-refractivity contribution in [3.05, 3.63) is 0 Å². The van der Waals surface area contributed by atoms with E-state index in [0.717, 1.165) is 25.7 Å². The van der Waals surface area contributed by atoms with Crippen LogP contribution in [-0.4, -0.2) is 35.4 Å². The number of urea groups is 1. The van der Waals surface area contributed by atoms with Gasteiger partial charge in [0.25, 0.3) is 0 Å². The first-order valence-electron chi connectivity index (χ1n) is 6.53. The Labute approximate surface area is 114 Å². The van der Waals surface area contributed by atoms with Crippen molar-refractivity contribution < 1.29 is 27.9 Å². The smallest absolute Gasteiger partial charge is 0.422 e. The predicted molar refractivity (Wildman–Crippen MR) is 65.2 cm³/mol. The van der Waals surface area contributed by atoms with Crippen LogP contribution < -0.4 is 10.6 Å². The van der Waals surface area contributed by atoms with Gasteiger partial charge in [0, 0.05) is 6.54 Å². The van der Waals surface area contributed by atoms with E-state index in [4.69, 9.17) is 5.11 Å². The van der Waals surface area contributed by atoms with Crippen molar-refractivity contribution >= 4 is 12.0 Å². The fourth-order valence-corrected chi connectivity index (χ4v) is 2.21. The molecule has 1 aliphatic carbocycles. The molecule has 0 bridgehead atoms. The normalized spacial score (nSPS) is 19.4. The van der Waals surface area contributed by atoms with Gasteiger partial charge >= 0.3 is 18.2 Å². The lowest BCUT2D eigenvalue weighted by molar-refractivity contribution is -0.203. The molecular formula is C12H19F3N2O3. The second-order valence-corrected chi connectivity index (χ2v) is 5.25. The minimum atomic E-state index is -5.07. The fraction of sp³-hybridized carbons (Fsp3) is 0.833. The number of halogens is 3. The first-order chi connectivity index (χ1) is 9.17. The van der Waals surface area contributed by atoms with Crippen LogP contribution in [0.2, 0.25) is 0 Å². The monoisotopic (exact) mass is 296 g/mol. The Balaban J connectivity index is 2.44. The third-order valence-corrected chi connectivity index (χ3v) is 3.67. The van der Waals surface area contributed by atoms with Crippen LogP contribution in [-0.2, 0) is 4.79 Å². The van der Waals surface area contributed by atoms with Gasteiger partial charge < -0.3 is 15.7 Å². The molecule has 1 saturated carbocycles. The van der Waals surface area contributed by atoms with Crippen molar-refractivity contribution in [2.24, 2.45) is 5.92 Å². The van der Waals surface area contributed by atoms with Crippen LogP contribution in [0, 0.1) is 5.92 Å². The molecule has 5 nitrogen and oxygen atoms in total. The zero-order valence-corrected chi connectivity index (χ0v) is 11.2. The first kappa shape index (κ1) is 16.6. The van der Waals surface area contributed by atoms with Gasteiger partial charge in [-0.25, -0.2) is 9.59 Å². The van der Waals surface area contributed by atoms with Gasteiger partial charge in [0.15, 0.2) is 0 Å². The van der Waals surface area contributed by atoms with Gasteiger partial charge in [-0.05, 0) is 19.3 Å². The van der Waals surface area contributed by atoms with Gasteiger partial charge in [-0.2, -0.15) is 13.2 Å². The Morgan fingerprint density at radius 3 is 2.25 bits per heavy atom. The summed E-state index contributed by atoms with van der Waals surface area (Å²) in [4.78, 5) is 22.1. The number of hydrogen-bond acceptors (Lipinski definition) is 2. The average molecular weight is 296 g/mol. The van der Waals surface area contributed by atoms with Crippen LogP contribution in [0.3, 0.4) is 0 Å². The minimum Gasteiger partial charge on any atom is -0.479 e. The quantitative estimate of drug-likeness (QED) is 0.728. The Hall–Kier alpha value is -1.47. The van der Waals surface area contributed by atoms with E-state index in [1.54, 1.807) is 0 Å². The lowest BCUT2D eigenvalue weighted by atomic mass is 10.0. The molecule has 1 rings (SSSR count). The third kappa shape index (κ3) is 4.01. The number of carbonyl (C=O) groups is 2. The van der Waals surface area contributed by atoms with Gasteiger partial charge in [-0.15, -0.1) is 0 Å². The van der Waals surface area contributed by atoms with Crippen LogP contribution in [0.4, 0.5) is 18.0 Å². The fourth-order valence-electron chi connectivity index (χ4n) is 2.21. The largest absolute Gasteiger partial charge is 0.479 e. The summed E-state index contributed by atoms with van der Waals surface area (Å²) in [5.74, 6) is -1.65. The molecule has 8 heteroatoms. The van der Waals surface area contributed by atoms with E-state index < -0.39 is 23.7 Å². The number of rotatable bonds is 5. The van der Waals surface area contributed by atoms with Crippen molar-refractivity contribution in [1.82, 2.24) is 10.6 Å². The van der Waals surface area contributed by atoms with Crippen molar-refractivity contribution in [2.45, 2.75) is 50.7 Å². The molecule has 0 aromatic carbocycles. The number of amides is 2. The van der Waals surface area contributed by atoms with E-state index in [2.05, 4.69) is 5.32 Å². The maximum Gasteiger partial charge on any atom is 0.422 e. The predicted octanol–water partition coefficient (Wildman–Crippen LogP) is 2.27. The summed E-state index contributed by atoms with van der Waals surface area (Å²) < 4.78 is 38.0. The highest BCUT2D eigenvalue weighted by atomic mass is 19.4. The standard InChI is InChI=1S/C12H19F3N2O3/c1-11(9(18)19,12(13,14)15)17-10(20)16-7-6-8-4-2-3-5-8/h8H,2-7H2,1H3,(H,18,19)(H2,16,17,20). The molecule has 2 amide bonds. The van der Waals surface area contributed by atoms with E-state index in [0.29, 0.717) is 19.3 Å². The number of nitrogens with one attached hydrogen (secondary N) is 2. The summed E-state index contributed by atoms with van der Waals surface area (Å²) in [6.07, 6.45) is 0.0479. The molecule has 0 radical (unpaired) electrons. The van der Waals surface area contributed by atoms with E-state index in [1.807, 2.05) is 0 Å². The maximum atomic E-state index is 12.7. The highest BCUT2D eigenvalue weighted by molar-refractivity contribution is 5.86. The number of carboxylic acid groups (broad SMARTS) is 1. The van der Waals surface area contributed by atoms with Crippen LogP contribution >= 0.6 is 0 Å². The van der Waals surface area contributed by atoms with E-state index in [9.17, 15) is 22.8 Å². The van der Waals surface area contributed by atoms with Crippen molar-refractivity contribution in [3.8, 4) is 0 Å². The zero-order valence-electron chi connectivity index (χ0n) is 11.2. The molecule has 3 N–H and O–H groups in total. The lowest BCUT2D eigenvalue weighted by Crippen LogP contribution is -2.63. The Morgan fingerprint density at radius 1 is 1.25 bits per heavy atom. The average Bonchev–Trinajstić information content (AvgIpc) is 2.80. The van der Waals surface area contributed by atoms with Crippen molar-refractivity contribution in [3.63, 3.8) is 0 Å². The summed E-state index contributed by atoms with van der Waals surface area (Å²) in [7, 11) is 0. The lowest BCUT2D eigenvalue weighted by Gasteiger charge is -2.28. The van der Waals surface area contributed by atoms with Gasteiger partial charge in [-0.1, -0.05) is 25.7 Å². The van der Waals surface area contributed by atoms with Gasteiger partial charge in [0.1, 0.15) is 0 Å². The molecule has 1 aliphatic rings. The SMILES string of the molecule is CC(NC(=O)NCCC1CCCC1)(C(=O)O)C(F)(F)F. The van der Waals surface area contributed by atoms with Crippen LogP contribution in [0.15, 0.2) is 0 Å². The second kappa shape index (κ2) is 6.32. The Bertz CT molecular complexity index is 367. The Morgan fingerprint density at radius 2 is 1.80 bits per heavy atom. The molecule has 0 saturated heterocycles. The van der Waals surface area contributed by atoms with E-state index >= 15 is 0 Å². The van der Waals surface area contributed by atoms with E-state index in [-0.39, 0.29) is 6.54 Å². The molecule has 20 heavy (non-hydrogen) atoms. The minimum absolute atomic E-state index is 0.240. The molecule has 0 aliphatic heterocycles. The van der Waals surface area contributed by atoms with Crippen LogP contribution in [0.5, 0.6) is 0 Å². The van der Waals surface area contributed by atoms with Crippen LogP contribution in [0.1, 0.15) is 39.0 Å². The molecular weight excluding hydrogens is 277 g/mol. The summed E-state index contributed by atoms with van der Waals surface area (Å²) in [6.45, 7) is 0.663. The molecule has 0 aromatic heterocycles. The molecule has 1 unspecified atom stereocenters. The molecule has 1 atom stereocenters. The molecule has 1 fully saturated rings. The van der Waals surface area contributed by atoms with E-state index in [1.165, 1.54) is 5.32 Å². The number of carboxylic acids is 1. The maximum absolute atomic E-state index is 12.7. The van der Waals surface area contributed by atoms with Crippen molar-refractivity contribution in [1.29, 1.82) is 0 Å². The third-order valence-electron chi connectivity index (χ3n) is 3.67. The van der Waals surface area contributed by atoms with Gasteiger partial charge in [0.05, 0.1) is 0 Å². The molecule has 0 aromatic rings. The summed E-state index contributed by atoms with van der Waals surface area (Å²) in [5.41, 5.74) is -3.29. The highest BCUT2D eigenvalue weighted by Crippen LogP contribution is 2.30. The molecule has 0 spiro atoms. The molecule has 0 heterocycles. The number of hydrogen-bond donors (Lipinski definition) is 3. The van der Waals surface area contributed by atoms with Crippen molar-refractivity contribution in [2.75, 3.05) is 6.54 Å². The number of alkyl halides is 3. The molecule has 116 valence electrons. The zero-order chi connectivity index (χ0) is 15.4. The number of aliphatic carboxylic acids is 1. The van der Waals surface area contributed by atoms with Gasteiger partial charge in [-0.3, -0.25) is 0 Å². The summed E-state index contributed by atoms with van der Waals surface area (Å²) >= 11 is 0. The second-order valence-electron chi connectivity index (χ2n) is 5.25. The summed E-state index contributed by atoms with van der Waals surface area (Å²) in [5, 5.41) is 12.4. The highest BCUT2D eigenvalue weighted by Gasteiger charge is 2.58. The summed E-state index contributed by atoms with van der Waals surface area (Å²) in [6, 6.07) is -1.12. The first-order valence-corrected chi connectivity index (χ1v) is 6.53. The number of carbonyl (C=O) groups excluding carboxylic acids is 1. The van der Waals surface area contributed by atoms with Gasteiger partial charge in [0.2, 0.25) is 5.54 Å². The van der Waals surface area contributed by atoms with Crippen LogP contribution in [0.25, 0.3) is 0 Å².